The molecule has 184 valence electrons. The molecule has 0 bridgehead atoms. The second kappa shape index (κ2) is 9.35. The Labute approximate surface area is 198 Å². The molecule has 1 saturated carbocycles. The molecule has 3 atom stereocenters. The van der Waals surface area contributed by atoms with E-state index >= 15 is 0 Å². The van der Waals surface area contributed by atoms with Gasteiger partial charge < -0.3 is 19.2 Å². The first-order valence-corrected chi connectivity index (χ1v) is 11.6. The van der Waals surface area contributed by atoms with Crippen LogP contribution in [0.15, 0.2) is 22.6 Å². The molecule has 8 nitrogen and oxygen atoms in total. The van der Waals surface area contributed by atoms with Crippen LogP contribution in [0.1, 0.15) is 61.5 Å². The molecule has 3 heterocycles. The van der Waals surface area contributed by atoms with Gasteiger partial charge in [0.2, 0.25) is 11.8 Å². The van der Waals surface area contributed by atoms with Crippen molar-refractivity contribution in [1.29, 1.82) is 0 Å². The van der Waals surface area contributed by atoms with Crippen LogP contribution in [-0.2, 0) is 20.7 Å². The highest BCUT2D eigenvalue weighted by Gasteiger charge is 2.43. The van der Waals surface area contributed by atoms with Gasteiger partial charge in [-0.25, -0.2) is 0 Å². The number of rotatable bonds is 5. The second-order valence-corrected chi connectivity index (χ2v) is 9.27. The molecular formula is C22H23ClF3N3O5. The third-order valence-electron chi connectivity index (χ3n) is 6.36. The van der Waals surface area contributed by atoms with Crippen molar-refractivity contribution < 1.29 is 36.6 Å². The van der Waals surface area contributed by atoms with Gasteiger partial charge in [-0.15, -0.1) is 23.4 Å². The Morgan fingerprint density at radius 2 is 1.94 bits per heavy atom. The highest BCUT2D eigenvalue weighted by Crippen LogP contribution is 2.41. The highest BCUT2D eigenvalue weighted by atomic mass is 35.5. The third kappa shape index (κ3) is 5.31. The van der Waals surface area contributed by atoms with Crippen LogP contribution in [0.2, 0.25) is 5.02 Å². The average Bonchev–Trinajstić information content (AvgIpc) is 3.25. The van der Waals surface area contributed by atoms with Crippen molar-refractivity contribution in [2.45, 2.75) is 75.2 Å². The summed E-state index contributed by atoms with van der Waals surface area (Å²) in [7, 11) is 0. The van der Waals surface area contributed by atoms with Gasteiger partial charge in [-0.2, -0.15) is 0 Å². The number of carbonyl (C=O) groups excluding carboxylic acids is 1. The average molecular weight is 502 g/mol. The SMILES string of the molecule is O=C(N[C@H]1CC[C@H](c2nnc([C@H]3C[C@@H](OC(F)(F)F)C3)o2)OC1)[C@H]1CCc2cc(Cl)ccc2O1. The fourth-order valence-corrected chi connectivity index (χ4v) is 4.68. The molecule has 2 aliphatic heterocycles. The summed E-state index contributed by atoms with van der Waals surface area (Å²) >= 11 is 6.01. The molecule has 1 amide bonds. The number of aromatic nitrogens is 2. The van der Waals surface area contributed by atoms with Gasteiger partial charge in [-0.3, -0.25) is 9.53 Å². The van der Waals surface area contributed by atoms with Gasteiger partial charge >= 0.3 is 6.36 Å². The van der Waals surface area contributed by atoms with E-state index in [2.05, 4.69) is 20.3 Å². The number of alkyl halides is 3. The van der Waals surface area contributed by atoms with Crippen molar-refractivity contribution in [1.82, 2.24) is 15.5 Å². The zero-order valence-electron chi connectivity index (χ0n) is 18.0. The fourth-order valence-electron chi connectivity index (χ4n) is 4.49. The van der Waals surface area contributed by atoms with Crippen molar-refractivity contribution in [3.05, 3.63) is 40.6 Å². The summed E-state index contributed by atoms with van der Waals surface area (Å²) in [4.78, 5) is 12.7. The summed E-state index contributed by atoms with van der Waals surface area (Å²) < 4.78 is 58.1. The first-order valence-electron chi connectivity index (χ1n) is 11.2. The monoisotopic (exact) mass is 501 g/mol. The molecule has 1 aromatic heterocycles. The smallest absolute Gasteiger partial charge is 0.480 e. The van der Waals surface area contributed by atoms with Crippen LogP contribution < -0.4 is 10.1 Å². The Kier molecular flexibility index (Phi) is 6.43. The Bertz CT molecular complexity index is 1040. The van der Waals surface area contributed by atoms with Crippen molar-refractivity contribution in [2.24, 2.45) is 0 Å². The minimum atomic E-state index is -4.64. The van der Waals surface area contributed by atoms with Crippen LogP contribution in [0.5, 0.6) is 5.75 Å². The van der Waals surface area contributed by atoms with Gasteiger partial charge in [-0.1, -0.05) is 11.6 Å². The number of aryl methyl sites for hydroxylation is 1. The number of hydrogen-bond acceptors (Lipinski definition) is 7. The maximum atomic E-state index is 12.7. The van der Waals surface area contributed by atoms with Crippen LogP contribution >= 0.6 is 11.6 Å². The van der Waals surface area contributed by atoms with E-state index in [-0.39, 0.29) is 37.3 Å². The molecule has 2 fully saturated rings. The van der Waals surface area contributed by atoms with Gasteiger partial charge in [0.15, 0.2) is 6.10 Å². The van der Waals surface area contributed by atoms with E-state index in [1.807, 2.05) is 6.07 Å². The summed E-state index contributed by atoms with van der Waals surface area (Å²) in [5.41, 5.74) is 0.990. The lowest BCUT2D eigenvalue weighted by molar-refractivity contribution is -0.352. The Balaban J connectivity index is 1.07. The summed E-state index contributed by atoms with van der Waals surface area (Å²) in [5.74, 6) is 0.831. The lowest BCUT2D eigenvalue weighted by atomic mass is 9.82. The van der Waals surface area contributed by atoms with Gasteiger partial charge in [0, 0.05) is 10.9 Å². The van der Waals surface area contributed by atoms with Gasteiger partial charge in [0.05, 0.1) is 18.8 Å². The van der Waals surface area contributed by atoms with Crippen LogP contribution in [0.4, 0.5) is 13.2 Å². The summed E-state index contributed by atoms with van der Waals surface area (Å²) in [6.45, 7) is 0.276. The quantitative estimate of drug-likeness (QED) is 0.654. The minimum absolute atomic E-state index is 0.173. The zero-order valence-corrected chi connectivity index (χ0v) is 18.8. The first kappa shape index (κ1) is 23.4. The van der Waals surface area contributed by atoms with E-state index in [0.29, 0.717) is 48.2 Å². The lowest BCUT2D eigenvalue weighted by Gasteiger charge is -2.33. The molecule has 0 unspecified atom stereocenters. The van der Waals surface area contributed by atoms with Crippen molar-refractivity contribution >= 4 is 17.5 Å². The van der Waals surface area contributed by atoms with Crippen molar-refractivity contribution in [3.8, 4) is 5.75 Å². The van der Waals surface area contributed by atoms with Crippen LogP contribution in [0.25, 0.3) is 0 Å². The topological polar surface area (TPSA) is 95.7 Å². The molecule has 12 heteroatoms. The number of hydrogen-bond donors (Lipinski definition) is 1. The zero-order chi connectivity index (χ0) is 23.9. The van der Waals surface area contributed by atoms with Gasteiger partial charge in [0.1, 0.15) is 11.9 Å². The van der Waals surface area contributed by atoms with Gasteiger partial charge in [0.25, 0.3) is 5.91 Å². The van der Waals surface area contributed by atoms with Crippen molar-refractivity contribution in [2.75, 3.05) is 6.61 Å². The fraction of sp³-hybridized carbons (Fsp3) is 0.591. The second-order valence-electron chi connectivity index (χ2n) is 8.83. The largest absolute Gasteiger partial charge is 0.522 e. The number of benzene rings is 1. The Morgan fingerprint density at radius 1 is 1.15 bits per heavy atom. The van der Waals surface area contributed by atoms with E-state index in [0.717, 1.165) is 5.56 Å². The van der Waals surface area contributed by atoms with E-state index in [1.165, 1.54) is 0 Å². The minimum Gasteiger partial charge on any atom is -0.480 e. The molecule has 0 radical (unpaired) electrons. The molecule has 0 spiro atoms. The lowest BCUT2D eigenvalue weighted by Crippen LogP contribution is -2.48. The molecule has 1 saturated heterocycles. The summed E-state index contributed by atoms with van der Waals surface area (Å²) in [6.07, 6.45) is -3.66. The normalized spacial score (nSPS) is 29.0. The number of nitrogens with zero attached hydrogens (tertiary/aromatic N) is 2. The van der Waals surface area contributed by atoms with E-state index in [9.17, 15) is 18.0 Å². The number of nitrogens with one attached hydrogen (secondary N) is 1. The number of halogens is 4. The van der Waals surface area contributed by atoms with E-state index < -0.39 is 24.7 Å². The summed E-state index contributed by atoms with van der Waals surface area (Å²) in [6, 6.07) is 5.19. The van der Waals surface area contributed by atoms with Crippen LogP contribution in [-0.4, -0.2) is 47.3 Å². The molecule has 34 heavy (non-hydrogen) atoms. The molecular weight excluding hydrogens is 479 g/mol. The molecule has 1 aromatic carbocycles. The third-order valence-corrected chi connectivity index (χ3v) is 6.59. The molecule has 3 aliphatic rings. The molecule has 1 N–H and O–H groups in total. The van der Waals surface area contributed by atoms with Gasteiger partial charge in [-0.05, 0) is 62.3 Å². The Morgan fingerprint density at radius 3 is 2.68 bits per heavy atom. The van der Waals surface area contributed by atoms with E-state index in [4.69, 9.17) is 25.5 Å². The molecule has 1 aliphatic carbocycles. The van der Waals surface area contributed by atoms with Crippen LogP contribution in [0.3, 0.4) is 0 Å². The Hall–Kier alpha value is -2.37. The number of amides is 1. The molecule has 5 rings (SSSR count). The number of fused-ring (bicyclic) bond motifs is 1. The standard InChI is InChI=1S/C22H23ClF3N3O5/c23-13-2-5-16-11(7-13)1-4-17(32-16)19(30)27-14-3-6-18(31-10-14)21-29-28-20(33-21)12-8-15(9-12)34-22(24,25)26/h2,5,7,12,14-15,17-18H,1,3-4,6,8-10H2,(H,27,30)/t12-,14-,15+,17+,18+/m0/s1. The van der Waals surface area contributed by atoms with Crippen LogP contribution in [0, 0.1) is 0 Å². The first-order chi connectivity index (χ1) is 16.2. The molecule has 2 aromatic rings. The predicted octanol–water partition coefficient (Wildman–Crippen LogP) is 4.24. The summed E-state index contributed by atoms with van der Waals surface area (Å²) in [5, 5.41) is 11.6. The maximum Gasteiger partial charge on any atom is 0.522 e. The highest BCUT2D eigenvalue weighted by molar-refractivity contribution is 6.30. The maximum absolute atomic E-state index is 12.7. The number of ether oxygens (including phenoxy) is 3. The van der Waals surface area contributed by atoms with Crippen molar-refractivity contribution in [3.63, 3.8) is 0 Å². The number of carbonyl (C=O) groups is 1. The van der Waals surface area contributed by atoms with E-state index in [1.54, 1.807) is 12.1 Å². The predicted molar refractivity (Wildman–Crippen MR) is 111 cm³/mol.